The van der Waals surface area contributed by atoms with Gasteiger partial charge in [-0.1, -0.05) is 18.2 Å². The van der Waals surface area contributed by atoms with Crippen molar-refractivity contribution in [3.8, 4) is 11.5 Å². The van der Waals surface area contributed by atoms with Crippen molar-refractivity contribution in [3.05, 3.63) is 59.3 Å². The predicted octanol–water partition coefficient (Wildman–Crippen LogP) is 4.95. The van der Waals surface area contributed by atoms with Crippen LogP contribution in [-0.4, -0.2) is 62.1 Å². The van der Waals surface area contributed by atoms with E-state index in [0.717, 1.165) is 41.2 Å². The summed E-state index contributed by atoms with van der Waals surface area (Å²) in [6.45, 7) is 2.70. The number of para-hydroxylation sites is 1. The molecule has 0 amide bonds. The van der Waals surface area contributed by atoms with Crippen molar-refractivity contribution < 1.29 is 18.3 Å². The van der Waals surface area contributed by atoms with E-state index in [4.69, 9.17) is 9.47 Å². The highest BCUT2D eigenvalue weighted by atomic mass is 19.1. The molecule has 34 heavy (non-hydrogen) atoms. The van der Waals surface area contributed by atoms with Crippen molar-refractivity contribution in [2.24, 2.45) is 0 Å². The molecule has 1 unspecified atom stereocenters. The average molecular weight is 470 g/mol. The molecule has 2 heterocycles. The number of hydrogen-bond acceptors (Lipinski definition) is 4. The predicted molar refractivity (Wildman–Crippen MR) is 130 cm³/mol. The zero-order chi connectivity index (χ0) is 23.5. The van der Waals surface area contributed by atoms with Crippen LogP contribution in [-0.2, 0) is 6.42 Å². The minimum atomic E-state index is -1.08. The van der Waals surface area contributed by atoms with Gasteiger partial charge >= 0.3 is 0 Å². The first-order valence-corrected chi connectivity index (χ1v) is 12.2. The molecule has 3 aromatic rings. The minimum absolute atomic E-state index is 0.115. The van der Waals surface area contributed by atoms with E-state index in [1.807, 2.05) is 24.3 Å². The van der Waals surface area contributed by atoms with E-state index < -0.39 is 5.67 Å². The monoisotopic (exact) mass is 469 g/mol. The molecule has 0 saturated heterocycles. The third kappa shape index (κ3) is 4.77. The second kappa shape index (κ2) is 9.92. The van der Waals surface area contributed by atoms with Gasteiger partial charge in [-0.2, -0.15) is 0 Å². The molecule has 182 valence electrons. The van der Waals surface area contributed by atoms with Crippen molar-refractivity contribution in [2.75, 3.05) is 46.6 Å². The Kier molecular flexibility index (Phi) is 6.75. The van der Waals surface area contributed by atoms with E-state index in [2.05, 4.69) is 33.4 Å². The maximum Gasteiger partial charge on any atom is 0.127 e. The highest BCUT2D eigenvalue weighted by Crippen LogP contribution is 2.47. The lowest BCUT2D eigenvalue weighted by atomic mass is 9.91. The molecule has 0 spiro atoms. The summed E-state index contributed by atoms with van der Waals surface area (Å²) in [6.07, 6.45) is 2.68. The van der Waals surface area contributed by atoms with Crippen molar-refractivity contribution in [3.63, 3.8) is 0 Å². The van der Waals surface area contributed by atoms with Gasteiger partial charge in [0.2, 0.25) is 0 Å². The maximum atomic E-state index is 14.9. The van der Waals surface area contributed by atoms with Gasteiger partial charge in [0.25, 0.3) is 0 Å². The van der Waals surface area contributed by atoms with Gasteiger partial charge in [-0.25, -0.2) is 4.39 Å². The molecule has 0 bridgehead atoms. The van der Waals surface area contributed by atoms with E-state index in [9.17, 15) is 8.78 Å². The molecule has 2 N–H and O–H groups in total. The largest absolute Gasteiger partial charge is 0.496 e. The number of aromatic amines is 1. The zero-order valence-corrected chi connectivity index (χ0v) is 19.7. The van der Waals surface area contributed by atoms with E-state index in [0.29, 0.717) is 45.5 Å². The summed E-state index contributed by atoms with van der Waals surface area (Å²) in [6, 6.07) is 14.2. The van der Waals surface area contributed by atoms with Gasteiger partial charge in [0.15, 0.2) is 0 Å². The van der Waals surface area contributed by atoms with Crippen LogP contribution in [0.1, 0.15) is 42.1 Å². The van der Waals surface area contributed by atoms with Gasteiger partial charge in [0.05, 0.1) is 19.8 Å². The molecule has 2 aliphatic rings. The highest BCUT2D eigenvalue weighted by molar-refractivity contribution is 5.85. The third-order valence-electron chi connectivity index (χ3n) is 6.95. The average Bonchev–Trinajstić information content (AvgIpc) is 3.46. The van der Waals surface area contributed by atoms with Crippen LogP contribution < -0.4 is 14.8 Å². The Bertz CT molecular complexity index is 1130. The number of H-pyrrole nitrogens is 1. The summed E-state index contributed by atoms with van der Waals surface area (Å²) in [5.41, 5.74) is 3.48. The number of alkyl halides is 2. The van der Waals surface area contributed by atoms with Crippen molar-refractivity contribution in [1.82, 2.24) is 15.2 Å². The molecule has 1 aliphatic heterocycles. The summed E-state index contributed by atoms with van der Waals surface area (Å²) < 4.78 is 38.8. The van der Waals surface area contributed by atoms with Gasteiger partial charge < -0.3 is 19.8 Å². The molecule has 1 aliphatic carbocycles. The molecular formula is C27H33F2N3O2. The number of rotatable bonds is 11. The van der Waals surface area contributed by atoms with Crippen molar-refractivity contribution in [2.45, 2.75) is 37.4 Å². The van der Waals surface area contributed by atoms with Gasteiger partial charge in [0, 0.05) is 47.9 Å². The summed E-state index contributed by atoms with van der Waals surface area (Å²) in [4.78, 5) is 5.90. The van der Waals surface area contributed by atoms with Crippen molar-refractivity contribution in [1.29, 1.82) is 0 Å². The lowest BCUT2D eigenvalue weighted by Crippen LogP contribution is -2.40. The Hall–Kier alpha value is -2.64. The van der Waals surface area contributed by atoms with Crippen molar-refractivity contribution >= 4 is 10.9 Å². The molecule has 5 nitrogen and oxygen atoms in total. The van der Waals surface area contributed by atoms with Gasteiger partial charge in [-0.3, -0.25) is 9.29 Å². The second-order valence-corrected chi connectivity index (χ2v) is 9.38. The van der Waals surface area contributed by atoms with Crippen LogP contribution >= 0.6 is 0 Å². The lowest BCUT2D eigenvalue weighted by Gasteiger charge is -2.37. The first-order valence-electron chi connectivity index (χ1n) is 12.2. The first kappa shape index (κ1) is 23.1. The number of fused-ring (bicyclic) bond motifs is 3. The molecule has 1 saturated carbocycles. The summed E-state index contributed by atoms with van der Waals surface area (Å²) >= 11 is 0. The fraction of sp³-hybridized carbons (Fsp3) is 0.481. The number of ether oxygens (including phenoxy) is 2. The van der Waals surface area contributed by atoms with E-state index in [1.54, 1.807) is 7.11 Å². The topological polar surface area (TPSA) is 49.5 Å². The van der Waals surface area contributed by atoms with Gasteiger partial charge in [-0.05, 0) is 56.0 Å². The molecule has 1 aromatic heterocycles. The molecule has 0 radical (unpaired) electrons. The first-order chi connectivity index (χ1) is 16.6. The number of nitrogens with one attached hydrogen (secondary N) is 2. The Morgan fingerprint density at radius 2 is 2.03 bits per heavy atom. The van der Waals surface area contributed by atoms with Crippen LogP contribution in [0, 0.1) is 0 Å². The zero-order valence-electron chi connectivity index (χ0n) is 19.7. The standard InChI is InChI=1S/C27H33F2N3O2/c1-33-24-17-19(34-16-14-30-13-4-12-28)7-8-22(24)26-25-21(20-5-2-3-6-23(20)31-25)9-15-32(26)18-27(29)10-11-27/h2-3,5-8,17,26,30-31H,4,9-16,18H2,1H3. The molecule has 2 aromatic carbocycles. The summed E-state index contributed by atoms with van der Waals surface area (Å²) in [7, 11) is 1.66. The lowest BCUT2D eigenvalue weighted by molar-refractivity contribution is 0.137. The van der Waals surface area contributed by atoms with Gasteiger partial charge in [0.1, 0.15) is 23.8 Å². The number of nitrogens with zero attached hydrogens (tertiary/aromatic N) is 1. The molecule has 7 heteroatoms. The Balaban J connectivity index is 1.43. The number of methoxy groups -OCH3 is 1. The summed E-state index contributed by atoms with van der Waals surface area (Å²) in [5, 5.41) is 4.40. The maximum absolute atomic E-state index is 14.9. The van der Waals surface area contributed by atoms with Gasteiger partial charge in [-0.15, -0.1) is 0 Å². The Morgan fingerprint density at radius 3 is 2.82 bits per heavy atom. The van der Waals surface area contributed by atoms with Crippen LogP contribution in [0.2, 0.25) is 0 Å². The Morgan fingerprint density at radius 1 is 1.18 bits per heavy atom. The Labute approximate surface area is 199 Å². The fourth-order valence-corrected chi connectivity index (χ4v) is 5.04. The number of benzene rings is 2. The normalized spacial score (nSPS) is 19.2. The molecule has 5 rings (SSSR count). The van der Waals surface area contributed by atoms with E-state index in [-0.39, 0.29) is 12.7 Å². The molecule has 1 fully saturated rings. The number of halogens is 2. The number of hydrogen-bond donors (Lipinski definition) is 2. The van der Waals surface area contributed by atoms with Crippen LogP contribution in [0.3, 0.4) is 0 Å². The smallest absolute Gasteiger partial charge is 0.127 e. The molecule has 1 atom stereocenters. The SMILES string of the molecule is COc1cc(OCCNCCCF)ccc1C1c2[nH]c3ccccc3c2CCN1CC1(F)CC1. The van der Waals surface area contributed by atoms with Crippen LogP contribution in [0.25, 0.3) is 10.9 Å². The van der Waals surface area contributed by atoms with Crippen LogP contribution in [0.5, 0.6) is 11.5 Å². The van der Waals surface area contributed by atoms with E-state index in [1.165, 1.54) is 10.9 Å². The number of aromatic nitrogens is 1. The molecular weight excluding hydrogens is 436 g/mol. The minimum Gasteiger partial charge on any atom is -0.496 e. The fourth-order valence-electron chi connectivity index (χ4n) is 5.04. The van der Waals surface area contributed by atoms with Crippen LogP contribution in [0.4, 0.5) is 8.78 Å². The third-order valence-corrected chi connectivity index (χ3v) is 6.95. The highest BCUT2D eigenvalue weighted by Gasteiger charge is 2.47. The quantitative estimate of drug-likeness (QED) is 0.390. The van der Waals surface area contributed by atoms with Crippen LogP contribution in [0.15, 0.2) is 42.5 Å². The van der Waals surface area contributed by atoms with E-state index >= 15 is 0 Å². The second-order valence-electron chi connectivity index (χ2n) is 9.38. The summed E-state index contributed by atoms with van der Waals surface area (Å²) in [5.74, 6) is 1.45.